The molecule has 4 rings (SSSR count). The molecule has 4 aromatic rings. The first kappa shape index (κ1) is 22.1. The van der Waals surface area contributed by atoms with Crippen LogP contribution >= 0.6 is 23.4 Å². The molecule has 7 heteroatoms. The molecule has 0 unspecified atom stereocenters. The highest BCUT2D eigenvalue weighted by Gasteiger charge is 2.16. The number of carbonyl (C=O) groups excluding carboxylic acids is 1. The Morgan fingerprint density at radius 1 is 1.06 bits per heavy atom. The maximum atomic E-state index is 13.3. The lowest BCUT2D eigenvalue weighted by molar-refractivity contribution is -0.115. The number of halogens is 1. The van der Waals surface area contributed by atoms with E-state index in [1.165, 1.54) is 11.8 Å². The lowest BCUT2D eigenvalue weighted by Crippen LogP contribution is -2.29. The van der Waals surface area contributed by atoms with E-state index in [1.807, 2.05) is 67.6 Å². The van der Waals surface area contributed by atoms with Crippen molar-refractivity contribution in [2.45, 2.75) is 18.6 Å². The number of anilines is 1. The minimum absolute atomic E-state index is 0.0719. The van der Waals surface area contributed by atoms with E-state index in [0.717, 1.165) is 16.8 Å². The van der Waals surface area contributed by atoms with Crippen molar-refractivity contribution in [2.75, 3.05) is 17.7 Å². The van der Waals surface area contributed by atoms with Gasteiger partial charge in [-0.15, -0.1) is 0 Å². The topological polar surface area (TPSA) is 55.2 Å². The molecule has 32 heavy (non-hydrogen) atoms. The second-order valence-corrected chi connectivity index (χ2v) is 8.89. The number of benzene rings is 3. The summed E-state index contributed by atoms with van der Waals surface area (Å²) < 4.78 is 1.61. The molecule has 0 atom stereocenters. The molecular formula is C25H22ClN3O2S. The summed E-state index contributed by atoms with van der Waals surface area (Å²) in [6.45, 7) is 2.31. The largest absolute Gasteiger partial charge is 0.315 e. The summed E-state index contributed by atoms with van der Waals surface area (Å²) in [5.74, 6) is 0.0856. The molecule has 0 saturated carbocycles. The van der Waals surface area contributed by atoms with E-state index in [1.54, 1.807) is 28.6 Å². The summed E-state index contributed by atoms with van der Waals surface area (Å²) in [4.78, 5) is 32.4. The summed E-state index contributed by atoms with van der Waals surface area (Å²) >= 11 is 7.40. The van der Waals surface area contributed by atoms with Crippen LogP contribution in [0.25, 0.3) is 10.9 Å². The molecule has 1 heterocycles. The molecule has 162 valence electrons. The highest BCUT2D eigenvalue weighted by atomic mass is 35.5. The van der Waals surface area contributed by atoms with Crippen LogP contribution in [0.5, 0.6) is 0 Å². The molecule has 0 bridgehead atoms. The van der Waals surface area contributed by atoms with Crippen molar-refractivity contribution in [3.8, 4) is 0 Å². The maximum absolute atomic E-state index is 13.3. The predicted molar refractivity (Wildman–Crippen MR) is 132 cm³/mol. The van der Waals surface area contributed by atoms with Gasteiger partial charge in [0.25, 0.3) is 5.56 Å². The lowest BCUT2D eigenvalue weighted by Gasteiger charge is -2.18. The SMILES string of the molecule is Cc1cccc(N(C)C(=O)CSc2nc3ccccc3c(=O)n2Cc2cccc(Cl)c2)c1. The fourth-order valence-electron chi connectivity index (χ4n) is 3.42. The minimum atomic E-state index is -0.141. The van der Waals surface area contributed by atoms with Gasteiger partial charge in [0, 0.05) is 17.8 Å². The van der Waals surface area contributed by atoms with Crippen molar-refractivity contribution in [3.05, 3.63) is 99.3 Å². The van der Waals surface area contributed by atoms with Gasteiger partial charge in [-0.2, -0.15) is 0 Å². The molecule has 5 nitrogen and oxygen atoms in total. The number of nitrogens with zero attached hydrogens (tertiary/aromatic N) is 3. The van der Waals surface area contributed by atoms with Crippen LogP contribution < -0.4 is 10.5 Å². The Hall–Kier alpha value is -3.09. The Morgan fingerprint density at radius 3 is 2.62 bits per heavy atom. The first-order valence-electron chi connectivity index (χ1n) is 10.1. The van der Waals surface area contributed by atoms with E-state index in [9.17, 15) is 9.59 Å². The number of para-hydroxylation sites is 1. The first-order chi connectivity index (χ1) is 15.4. The van der Waals surface area contributed by atoms with Crippen molar-refractivity contribution in [3.63, 3.8) is 0 Å². The third-order valence-electron chi connectivity index (χ3n) is 5.14. The van der Waals surface area contributed by atoms with Gasteiger partial charge >= 0.3 is 0 Å². The van der Waals surface area contributed by atoms with Crippen LogP contribution in [-0.2, 0) is 11.3 Å². The predicted octanol–water partition coefficient (Wildman–Crippen LogP) is 5.16. The summed E-state index contributed by atoms with van der Waals surface area (Å²) in [6, 6.07) is 22.4. The van der Waals surface area contributed by atoms with Gasteiger partial charge in [0.2, 0.25) is 5.91 Å². The number of carbonyl (C=O) groups is 1. The van der Waals surface area contributed by atoms with Crippen LogP contribution in [0.2, 0.25) is 5.02 Å². The van der Waals surface area contributed by atoms with E-state index >= 15 is 0 Å². The van der Waals surface area contributed by atoms with Gasteiger partial charge in [-0.25, -0.2) is 4.98 Å². The second-order valence-electron chi connectivity index (χ2n) is 7.51. The molecule has 1 amide bonds. The molecule has 3 aromatic carbocycles. The zero-order valence-corrected chi connectivity index (χ0v) is 19.4. The van der Waals surface area contributed by atoms with Gasteiger partial charge in [0.15, 0.2) is 5.16 Å². The Morgan fingerprint density at radius 2 is 1.84 bits per heavy atom. The van der Waals surface area contributed by atoms with E-state index in [2.05, 4.69) is 0 Å². The normalized spacial score (nSPS) is 11.0. The highest BCUT2D eigenvalue weighted by molar-refractivity contribution is 7.99. The number of aromatic nitrogens is 2. The summed E-state index contributed by atoms with van der Waals surface area (Å²) in [5, 5.41) is 1.65. The number of hydrogen-bond donors (Lipinski definition) is 0. The van der Waals surface area contributed by atoms with E-state index in [4.69, 9.17) is 16.6 Å². The van der Waals surface area contributed by atoms with Crippen molar-refractivity contribution >= 4 is 45.9 Å². The number of amides is 1. The van der Waals surface area contributed by atoms with E-state index in [0.29, 0.717) is 27.6 Å². The summed E-state index contributed by atoms with van der Waals surface area (Å²) in [7, 11) is 1.75. The van der Waals surface area contributed by atoms with Crippen LogP contribution in [0, 0.1) is 6.92 Å². The Balaban J connectivity index is 1.65. The molecule has 0 aliphatic rings. The molecule has 0 spiro atoms. The molecule has 1 aromatic heterocycles. The molecule has 0 saturated heterocycles. The van der Waals surface area contributed by atoms with E-state index < -0.39 is 0 Å². The Labute approximate surface area is 195 Å². The number of thioether (sulfide) groups is 1. The zero-order chi connectivity index (χ0) is 22.7. The number of aryl methyl sites for hydroxylation is 1. The lowest BCUT2D eigenvalue weighted by atomic mass is 10.2. The van der Waals surface area contributed by atoms with Crippen molar-refractivity contribution in [1.82, 2.24) is 9.55 Å². The fourth-order valence-corrected chi connectivity index (χ4v) is 4.54. The van der Waals surface area contributed by atoms with Gasteiger partial charge in [-0.3, -0.25) is 14.2 Å². The molecule has 0 fully saturated rings. The second kappa shape index (κ2) is 9.59. The van der Waals surface area contributed by atoms with Crippen LogP contribution in [0.3, 0.4) is 0 Å². The van der Waals surface area contributed by atoms with Crippen molar-refractivity contribution in [1.29, 1.82) is 0 Å². The van der Waals surface area contributed by atoms with Crippen LogP contribution in [-0.4, -0.2) is 28.3 Å². The smallest absolute Gasteiger partial charge is 0.262 e. The van der Waals surface area contributed by atoms with Crippen LogP contribution in [0.15, 0.2) is 82.7 Å². The van der Waals surface area contributed by atoms with Gasteiger partial charge in [-0.1, -0.05) is 59.8 Å². The number of fused-ring (bicyclic) bond motifs is 1. The Bertz CT molecular complexity index is 1350. The summed E-state index contributed by atoms with van der Waals surface area (Å²) in [5.41, 5.74) is 3.28. The third-order valence-corrected chi connectivity index (χ3v) is 6.34. The minimum Gasteiger partial charge on any atom is -0.315 e. The van der Waals surface area contributed by atoms with E-state index in [-0.39, 0.29) is 17.2 Å². The van der Waals surface area contributed by atoms with Gasteiger partial charge in [0.1, 0.15) is 0 Å². The van der Waals surface area contributed by atoms with Crippen LogP contribution in [0.1, 0.15) is 11.1 Å². The van der Waals surface area contributed by atoms with Gasteiger partial charge in [-0.05, 0) is 54.4 Å². The Kier molecular flexibility index (Phi) is 6.63. The number of rotatable bonds is 6. The molecule has 0 N–H and O–H groups in total. The molecule has 0 radical (unpaired) electrons. The van der Waals surface area contributed by atoms with Gasteiger partial charge in [0.05, 0.1) is 23.2 Å². The molecule has 0 aliphatic carbocycles. The fraction of sp³-hybridized carbons (Fsp3) is 0.160. The maximum Gasteiger partial charge on any atom is 0.262 e. The standard InChI is InChI=1S/C25H22ClN3O2S/c1-17-7-5-10-20(13-17)28(2)23(30)16-32-25-27-22-12-4-3-11-21(22)24(31)29(25)15-18-8-6-9-19(26)14-18/h3-14H,15-16H2,1-2H3. The summed E-state index contributed by atoms with van der Waals surface area (Å²) in [6.07, 6.45) is 0. The average Bonchev–Trinajstić information content (AvgIpc) is 2.79. The van der Waals surface area contributed by atoms with Crippen LogP contribution in [0.4, 0.5) is 5.69 Å². The van der Waals surface area contributed by atoms with Crippen molar-refractivity contribution < 1.29 is 4.79 Å². The molecule has 0 aliphatic heterocycles. The monoisotopic (exact) mass is 463 g/mol. The van der Waals surface area contributed by atoms with Gasteiger partial charge < -0.3 is 4.90 Å². The number of hydrogen-bond acceptors (Lipinski definition) is 4. The average molecular weight is 464 g/mol. The van der Waals surface area contributed by atoms with Crippen molar-refractivity contribution in [2.24, 2.45) is 0 Å². The third kappa shape index (κ3) is 4.87. The zero-order valence-electron chi connectivity index (χ0n) is 17.8. The highest BCUT2D eigenvalue weighted by Crippen LogP contribution is 2.22. The quantitative estimate of drug-likeness (QED) is 0.292. The molecular weight excluding hydrogens is 442 g/mol. The first-order valence-corrected chi connectivity index (χ1v) is 11.5.